The van der Waals surface area contributed by atoms with Crippen LogP contribution < -0.4 is 5.32 Å². The van der Waals surface area contributed by atoms with Crippen molar-refractivity contribution < 1.29 is 4.79 Å². The van der Waals surface area contributed by atoms with Gasteiger partial charge < -0.3 is 14.8 Å². The maximum absolute atomic E-state index is 12.0. The molecule has 100 valence electrons. The topological polar surface area (TPSA) is 63.1 Å². The molecule has 6 nitrogen and oxygen atoms in total. The summed E-state index contributed by atoms with van der Waals surface area (Å²) in [6.45, 7) is 9.13. The first-order valence-corrected chi connectivity index (χ1v) is 6.35. The fourth-order valence-electron chi connectivity index (χ4n) is 1.98. The highest BCUT2D eigenvalue weighted by molar-refractivity contribution is 5.76. The van der Waals surface area contributed by atoms with E-state index in [9.17, 15) is 4.79 Å². The number of rotatable bonds is 3. The minimum absolute atomic E-state index is 0.0579. The van der Waals surface area contributed by atoms with Crippen LogP contribution in [0.25, 0.3) is 0 Å². The second kappa shape index (κ2) is 5.06. The number of aromatic nitrogens is 3. The molecule has 2 heterocycles. The minimum atomic E-state index is 0.0579. The Bertz CT molecular complexity index is 420. The largest absolute Gasteiger partial charge is 0.333 e. The lowest BCUT2D eigenvalue weighted by Gasteiger charge is -2.28. The van der Waals surface area contributed by atoms with Gasteiger partial charge in [0.05, 0.1) is 6.54 Å². The summed E-state index contributed by atoms with van der Waals surface area (Å²) in [5, 5.41) is 11.2. The van der Waals surface area contributed by atoms with E-state index in [4.69, 9.17) is 0 Å². The van der Waals surface area contributed by atoms with Crippen LogP contribution in [-0.2, 0) is 17.9 Å². The maximum Gasteiger partial charge on any atom is 0.224 e. The molecule has 0 saturated heterocycles. The third kappa shape index (κ3) is 3.29. The van der Waals surface area contributed by atoms with Crippen LogP contribution in [0.15, 0.2) is 6.33 Å². The van der Waals surface area contributed by atoms with Crippen molar-refractivity contribution in [2.75, 3.05) is 13.1 Å². The smallest absolute Gasteiger partial charge is 0.224 e. The van der Waals surface area contributed by atoms with Gasteiger partial charge in [0, 0.05) is 31.6 Å². The predicted molar refractivity (Wildman–Crippen MR) is 67.8 cm³/mol. The first-order chi connectivity index (χ1) is 8.46. The molecule has 1 aliphatic rings. The standard InChI is InChI=1S/C12H21N5O/c1-12(2,3)13-5-4-11(18)16-6-7-17-9-14-15-10(17)8-16/h9,13H,4-8H2,1-3H3. The van der Waals surface area contributed by atoms with E-state index in [1.165, 1.54) is 0 Å². The third-order valence-electron chi connectivity index (χ3n) is 2.99. The molecular formula is C12H21N5O. The Labute approximate surface area is 107 Å². The van der Waals surface area contributed by atoms with E-state index in [0.717, 1.165) is 18.9 Å². The number of carbonyl (C=O) groups excluding carboxylic acids is 1. The van der Waals surface area contributed by atoms with Gasteiger partial charge in [0.15, 0.2) is 5.82 Å². The number of hydrogen-bond acceptors (Lipinski definition) is 4. The SMILES string of the molecule is CC(C)(C)NCCC(=O)N1CCn2cnnc2C1. The molecule has 1 aromatic rings. The fourth-order valence-corrected chi connectivity index (χ4v) is 1.98. The molecule has 1 aromatic heterocycles. The molecule has 0 aliphatic carbocycles. The number of fused-ring (bicyclic) bond motifs is 1. The van der Waals surface area contributed by atoms with Gasteiger partial charge in [-0.3, -0.25) is 4.79 Å². The van der Waals surface area contributed by atoms with E-state index >= 15 is 0 Å². The number of amides is 1. The molecule has 0 fully saturated rings. The van der Waals surface area contributed by atoms with Crippen LogP contribution >= 0.6 is 0 Å². The summed E-state index contributed by atoms with van der Waals surface area (Å²) < 4.78 is 2.00. The van der Waals surface area contributed by atoms with E-state index in [1.807, 2.05) is 9.47 Å². The Kier molecular flexibility index (Phi) is 3.65. The van der Waals surface area contributed by atoms with Crippen LogP contribution in [0.3, 0.4) is 0 Å². The highest BCUT2D eigenvalue weighted by Crippen LogP contribution is 2.10. The lowest BCUT2D eigenvalue weighted by molar-refractivity contribution is -0.132. The molecule has 0 bridgehead atoms. The van der Waals surface area contributed by atoms with E-state index in [-0.39, 0.29) is 11.4 Å². The molecular weight excluding hydrogens is 230 g/mol. The Balaban J connectivity index is 1.81. The van der Waals surface area contributed by atoms with Gasteiger partial charge in [-0.1, -0.05) is 0 Å². The summed E-state index contributed by atoms with van der Waals surface area (Å²) in [6, 6.07) is 0. The fraction of sp³-hybridized carbons (Fsp3) is 0.750. The van der Waals surface area contributed by atoms with Crippen molar-refractivity contribution in [1.29, 1.82) is 0 Å². The minimum Gasteiger partial charge on any atom is -0.333 e. The molecule has 2 rings (SSSR count). The van der Waals surface area contributed by atoms with Crippen LogP contribution in [0.4, 0.5) is 0 Å². The summed E-state index contributed by atoms with van der Waals surface area (Å²) in [6.07, 6.45) is 2.25. The molecule has 1 N–H and O–H groups in total. The zero-order valence-corrected chi connectivity index (χ0v) is 11.3. The number of nitrogens with one attached hydrogen (secondary N) is 1. The van der Waals surface area contributed by atoms with Gasteiger partial charge in [-0.05, 0) is 20.8 Å². The van der Waals surface area contributed by atoms with Crippen LogP contribution in [0.1, 0.15) is 33.0 Å². The zero-order valence-electron chi connectivity index (χ0n) is 11.3. The Morgan fingerprint density at radius 3 is 2.94 bits per heavy atom. The first-order valence-electron chi connectivity index (χ1n) is 6.35. The molecule has 0 saturated carbocycles. The lowest BCUT2D eigenvalue weighted by atomic mass is 10.1. The van der Waals surface area contributed by atoms with Gasteiger partial charge in [0.25, 0.3) is 0 Å². The Hall–Kier alpha value is -1.43. The molecule has 1 aliphatic heterocycles. The maximum atomic E-state index is 12.0. The quantitative estimate of drug-likeness (QED) is 0.844. The van der Waals surface area contributed by atoms with Gasteiger partial charge in [0.2, 0.25) is 5.91 Å². The summed E-state index contributed by atoms with van der Waals surface area (Å²) in [7, 11) is 0. The van der Waals surface area contributed by atoms with Crippen LogP contribution in [0.2, 0.25) is 0 Å². The summed E-state index contributed by atoms with van der Waals surface area (Å²) in [5.41, 5.74) is 0.0579. The number of carbonyl (C=O) groups is 1. The van der Waals surface area contributed by atoms with Crippen LogP contribution in [-0.4, -0.2) is 44.2 Å². The highest BCUT2D eigenvalue weighted by atomic mass is 16.2. The summed E-state index contributed by atoms with van der Waals surface area (Å²) in [4.78, 5) is 13.9. The van der Waals surface area contributed by atoms with E-state index in [1.54, 1.807) is 6.33 Å². The molecule has 0 radical (unpaired) electrons. The molecule has 18 heavy (non-hydrogen) atoms. The summed E-state index contributed by atoms with van der Waals surface area (Å²) >= 11 is 0. The van der Waals surface area contributed by atoms with Crippen molar-refractivity contribution in [1.82, 2.24) is 25.0 Å². The highest BCUT2D eigenvalue weighted by Gasteiger charge is 2.21. The Morgan fingerprint density at radius 2 is 2.22 bits per heavy atom. The molecule has 1 amide bonds. The molecule has 0 aromatic carbocycles. The van der Waals surface area contributed by atoms with Crippen molar-refractivity contribution in [3.05, 3.63) is 12.2 Å². The van der Waals surface area contributed by atoms with E-state index < -0.39 is 0 Å². The van der Waals surface area contributed by atoms with E-state index in [2.05, 4.69) is 36.3 Å². The Morgan fingerprint density at radius 1 is 1.44 bits per heavy atom. The zero-order chi connectivity index (χ0) is 13.2. The summed E-state index contributed by atoms with van der Waals surface area (Å²) in [5.74, 6) is 1.05. The van der Waals surface area contributed by atoms with Gasteiger partial charge in [-0.2, -0.15) is 0 Å². The second-order valence-corrected chi connectivity index (χ2v) is 5.68. The average Bonchev–Trinajstić information content (AvgIpc) is 2.73. The molecule has 0 atom stereocenters. The van der Waals surface area contributed by atoms with Crippen molar-refractivity contribution in [3.8, 4) is 0 Å². The number of nitrogens with zero attached hydrogens (tertiary/aromatic N) is 4. The number of hydrogen-bond donors (Lipinski definition) is 1. The van der Waals surface area contributed by atoms with Crippen LogP contribution in [0.5, 0.6) is 0 Å². The average molecular weight is 251 g/mol. The van der Waals surface area contributed by atoms with Crippen molar-refractivity contribution in [2.45, 2.75) is 45.8 Å². The normalized spacial score (nSPS) is 15.6. The van der Waals surface area contributed by atoms with Gasteiger partial charge in [-0.25, -0.2) is 0 Å². The van der Waals surface area contributed by atoms with Gasteiger partial charge in [-0.15, -0.1) is 10.2 Å². The molecule has 6 heteroatoms. The van der Waals surface area contributed by atoms with Crippen molar-refractivity contribution >= 4 is 5.91 Å². The van der Waals surface area contributed by atoms with Crippen molar-refractivity contribution in [3.63, 3.8) is 0 Å². The molecule has 0 unspecified atom stereocenters. The predicted octanol–water partition coefficient (Wildman–Crippen LogP) is 0.398. The monoisotopic (exact) mass is 251 g/mol. The van der Waals surface area contributed by atoms with E-state index in [0.29, 0.717) is 19.5 Å². The van der Waals surface area contributed by atoms with Crippen LogP contribution in [0, 0.1) is 0 Å². The lowest BCUT2D eigenvalue weighted by Crippen LogP contribution is -2.42. The second-order valence-electron chi connectivity index (χ2n) is 5.68. The van der Waals surface area contributed by atoms with Gasteiger partial charge >= 0.3 is 0 Å². The molecule has 0 spiro atoms. The third-order valence-corrected chi connectivity index (χ3v) is 2.99. The van der Waals surface area contributed by atoms with Gasteiger partial charge in [0.1, 0.15) is 6.33 Å². The van der Waals surface area contributed by atoms with Crippen molar-refractivity contribution in [2.24, 2.45) is 0 Å². The first kappa shape index (κ1) is 13.0.